The van der Waals surface area contributed by atoms with Crippen LogP contribution < -0.4 is 0 Å². The van der Waals surface area contributed by atoms with Crippen LogP contribution in [-0.2, 0) is 17.0 Å². The van der Waals surface area contributed by atoms with E-state index in [-0.39, 0.29) is 0 Å². The van der Waals surface area contributed by atoms with E-state index in [0.717, 1.165) is 22.9 Å². The zero-order valence-corrected chi connectivity index (χ0v) is 11.7. The van der Waals surface area contributed by atoms with Gasteiger partial charge in [0.2, 0.25) is 0 Å². The summed E-state index contributed by atoms with van der Waals surface area (Å²) in [6, 6.07) is 2.10. The Hall–Kier alpha value is -0.706. The third-order valence-corrected chi connectivity index (χ3v) is 3.81. The molecule has 0 saturated carbocycles. The Morgan fingerprint density at radius 3 is 2.65 bits per heavy atom. The van der Waals surface area contributed by atoms with Crippen molar-refractivity contribution in [3.63, 3.8) is 0 Å². The number of nitrogens with zero attached hydrogens (tertiary/aromatic N) is 4. The summed E-state index contributed by atoms with van der Waals surface area (Å²) in [5.74, 6) is 0.570. The maximum absolute atomic E-state index is 5.33. The molecule has 0 atom stereocenters. The first-order chi connectivity index (χ1) is 8.11. The number of piperidine rings is 1. The molecule has 1 aromatic heterocycles. The first kappa shape index (κ1) is 12.7. The topological polar surface area (TPSA) is 33.4 Å². The Morgan fingerprint density at radius 1 is 1.47 bits per heavy atom. The summed E-state index contributed by atoms with van der Waals surface area (Å²) in [6.07, 6.45) is 2.36. The summed E-state index contributed by atoms with van der Waals surface area (Å²) in [5.41, 5.74) is 2.21. The second kappa shape index (κ2) is 5.29. The van der Waals surface area contributed by atoms with Gasteiger partial charge in [-0.3, -0.25) is 0 Å². The van der Waals surface area contributed by atoms with Crippen molar-refractivity contribution in [2.24, 2.45) is 5.10 Å². The molecule has 0 aromatic carbocycles. The fourth-order valence-corrected chi connectivity index (χ4v) is 2.79. The van der Waals surface area contributed by atoms with Gasteiger partial charge in [-0.25, -0.2) is 0 Å². The quantitative estimate of drug-likeness (QED) is 0.600. The van der Waals surface area contributed by atoms with Crippen LogP contribution >= 0.6 is 0 Å². The molecule has 2 rings (SSSR count). The zero-order chi connectivity index (χ0) is 12.4. The van der Waals surface area contributed by atoms with Crippen molar-refractivity contribution in [2.75, 3.05) is 20.1 Å². The van der Waals surface area contributed by atoms with Crippen LogP contribution in [0.1, 0.15) is 30.1 Å². The molecule has 1 fully saturated rings. The Labute approximate surface area is 111 Å². The van der Waals surface area contributed by atoms with Crippen LogP contribution in [0.5, 0.6) is 0 Å². The fourth-order valence-electron chi connectivity index (χ4n) is 2.28. The molecule has 1 aromatic rings. The van der Waals surface area contributed by atoms with Gasteiger partial charge in [0.15, 0.2) is 0 Å². The Kier molecular flexibility index (Phi) is 3.97. The molecule has 0 unspecified atom stereocenters. The van der Waals surface area contributed by atoms with Gasteiger partial charge in [-0.15, -0.1) is 0 Å². The molecular weight excluding hydrogens is 251 g/mol. The van der Waals surface area contributed by atoms with E-state index in [1.807, 2.05) is 6.92 Å². The summed E-state index contributed by atoms with van der Waals surface area (Å²) in [6.45, 7) is 9.63. The molecule has 0 radical (unpaired) electrons. The van der Waals surface area contributed by atoms with Crippen molar-refractivity contribution in [3.05, 3.63) is 21.6 Å². The summed E-state index contributed by atoms with van der Waals surface area (Å²) in [4.78, 5) is 6.96. The molecule has 91 valence electrons. The van der Waals surface area contributed by atoms with Gasteiger partial charge >= 0.3 is 111 Å². The molecule has 2 heterocycles. The fraction of sp³-hybridized carbons (Fsp3) is 0.583. The van der Waals surface area contributed by atoms with Crippen molar-refractivity contribution in [2.45, 2.75) is 25.7 Å². The molecule has 0 amide bonds. The van der Waals surface area contributed by atoms with Crippen molar-refractivity contribution < 1.29 is 17.0 Å². The van der Waals surface area contributed by atoms with Gasteiger partial charge in [0.25, 0.3) is 0 Å². The predicted octanol–water partition coefficient (Wildman–Crippen LogP) is 1.42. The van der Waals surface area contributed by atoms with Crippen molar-refractivity contribution in [1.82, 2.24) is 14.6 Å². The van der Waals surface area contributed by atoms with E-state index < -0.39 is 0 Å². The molecule has 1 aliphatic rings. The van der Waals surface area contributed by atoms with Gasteiger partial charge in [-0.05, 0) is 0 Å². The molecular formula is C12H17N4V-. The zero-order valence-electron chi connectivity index (χ0n) is 10.3. The van der Waals surface area contributed by atoms with E-state index in [2.05, 4.69) is 45.1 Å². The van der Waals surface area contributed by atoms with Gasteiger partial charge in [-0.1, -0.05) is 0 Å². The minimum atomic E-state index is 0.570. The molecule has 1 saturated heterocycles. The van der Waals surface area contributed by atoms with Gasteiger partial charge in [0, 0.05) is 0 Å². The number of rotatable bonds is 2. The Bertz CT molecular complexity index is 472. The molecule has 1 aliphatic heterocycles. The Balaban J connectivity index is 2.28. The molecule has 4 nitrogen and oxygen atoms in total. The summed E-state index contributed by atoms with van der Waals surface area (Å²) in [5, 5.41) is 3.70. The van der Waals surface area contributed by atoms with E-state index >= 15 is 0 Å². The van der Waals surface area contributed by atoms with E-state index in [9.17, 15) is 0 Å². The molecule has 17 heavy (non-hydrogen) atoms. The standard InChI is InChI=1S/C12H17N4.V/c1-10-8-12(14-9-16(10)13-2)11-4-6-15(3)7-5-11;/h2,8,11H,4-7H2,1,3H3;/q-1;. The maximum atomic E-state index is 5.33. The van der Waals surface area contributed by atoms with Crippen molar-refractivity contribution in [1.29, 1.82) is 0 Å². The van der Waals surface area contributed by atoms with Crippen LogP contribution in [0.25, 0.3) is 0 Å². The number of hydrogen-bond donors (Lipinski definition) is 0. The first-order valence-electron chi connectivity index (χ1n) is 5.84. The van der Waals surface area contributed by atoms with Gasteiger partial charge < -0.3 is 0 Å². The van der Waals surface area contributed by atoms with Crippen molar-refractivity contribution in [3.8, 4) is 0 Å². The molecule has 5 heteroatoms. The predicted molar refractivity (Wildman–Crippen MR) is 63.6 cm³/mol. The third kappa shape index (κ3) is 2.76. The van der Waals surface area contributed by atoms with E-state index in [1.165, 1.54) is 18.5 Å². The van der Waals surface area contributed by atoms with Crippen LogP contribution in [0.4, 0.5) is 0 Å². The van der Waals surface area contributed by atoms with Crippen LogP contribution in [0, 0.1) is 11.1 Å². The number of hydrogen-bond acceptors (Lipinski definition) is 3. The van der Waals surface area contributed by atoms with Gasteiger partial charge in [0.1, 0.15) is 0 Å². The normalized spacial score (nSPS) is 18.2. The van der Waals surface area contributed by atoms with Crippen LogP contribution in [0.15, 0.2) is 11.2 Å². The second-order valence-electron chi connectivity index (χ2n) is 4.63. The molecule has 0 bridgehead atoms. The van der Waals surface area contributed by atoms with Crippen LogP contribution in [0.2, 0.25) is 0 Å². The number of aromatic nitrogens is 2. The minimum absolute atomic E-state index is 0.570. The second-order valence-corrected chi connectivity index (χ2v) is 5.25. The molecule has 0 spiro atoms. The average Bonchev–Trinajstić information content (AvgIpc) is 2.29. The van der Waals surface area contributed by atoms with E-state index in [0.29, 0.717) is 5.92 Å². The van der Waals surface area contributed by atoms with Crippen molar-refractivity contribution >= 4 is 6.72 Å². The van der Waals surface area contributed by atoms with Crippen LogP contribution in [-0.4, -0.2) is 41.4 Å². The number of aryl methyl sites for hydroxylation is 1. The first-order valence-corrected chi connectivity index (χ1v) is 6.54. The monoisotopic (exact) mass is 268 g/mol. The summed E-state index contributed by atoms with van der Waals surface area (Å²) in [7, 11) is 2.17. The summed E-state index contributed by atoms with van der Waals surface area (Å²) >= 11 is 2.43. The summed E-state index contributed by atoms with van der Waals surface area (Å²) < 4.78 is 2.45. The number of likely N-dealkylation sites (tertiary alicyclic amines) is 1. The third-order valence-electron chi connectivity index (χ3n) is 3.36. The average molecular weight is 268 g/mol. The van der Waals surface area contributed by atoms with Gasteiger partial charge in [0.05, 0.1) is 0 Å². The van der Waals surface area contributed by atoms with E-state index in [4.69, 9.17) is 6.72 Å². The molecule has 0 N–H and O–H groups in total. The van der Waals surface area contributed by atoms with Gasteiger partial charge in [-0.2, -0.15) is 0 Å². The Morgan fingerprint density at radius 2 is 2.12 bits per heavy atom. The van der Waals surface area contributed by atoms with Crippen LogP contribution in [0.3, 0.4) is 0 Å². The van der Waals surface area contributed by atoms with E-state index in [1.54, 1.807) is 4.68 Å². The molecule has 0 aliphatic carbocycles. The SMILES string of the molecule is [CH-]=Nn1c(C)cc(C2CCN(C)CC2)n[c]1=[V].